The van der Waals surface area contributed by atoms with Gasteiger partial charge in [-0.15, -0.1) is 0 Å². The van der Waals surface area contributed by atoms with Crippen molar-refractivity contribution in [3.05, 3.63) is 0 Å². The van der Waals surface area contributed by atoms with Gasteiger partial charge in [0, 0.05) is 6.04 Å². The fraction of sp³-hybridized carbons (Fsp3) is 1.00. The van der Waals surface area contributed by atoms with Gasteiger partial charge in [0.2, 0.25) is 0 Å². The average molecular weight is 271 g/mol. The minimum Gasteiger partial charge on any atom is -0.313 e. The maximum absolute atomic E-state index is 6.69. The second-order valence-corrected chi connectivity index (χ2v) is 6.88. The summed E-state index contributed by atoms with van der Waals surface area (Å²) in [6.07, 6.45) is 7.47. The second-order valence-electron chi connectivity index (χ2n) is 6.88. The van der Waals surface area contributed by atoms with Crippen molar-refractivity contribution in [2.45, 2.75) is 91.8 Å². The molecule has 2 unspecified atom stereocenters. The van der Waals surface area contributed by atoms with E-state index >= 15 is 0 Å². The normalized spacial score (nSPS) is 17.2. The van der Waals surface area contributed by atoms with Crippen LogP contribution in [-0.2, 0) is 0 Å². The van der Waals surface area contributed by atoms with Gasteiger partial charge in [0.1, 0.15) is 0 Å². The molecule has 0 aromatic heterocycles. The van der Waals surface area contributed by atoms with Crippen molar-refractivity contribution in [1.29, 1.82) is 0 Å². The first kappa shape index (κ1) is 18.9. The molecule has 0 rings (SSSR count). The Bertz CT molecular complexity index is 225. The molecule has 0 saturated carbocycles. The van der Waals surface area contributed by atoms with Crippen LogP contribution in [0.25, 0.3) is 0 Å². The molecule has 0 bridgehead atoms. The van der Waals surface area contributed by atoms with Crippen LogP contribution in [0.5, 0.6) is 0 Å². The molecule has 0 spiro atoms. The molecule has 0 aromatic carbocycles. The summed E-state index contributed by atoms with van der Waals surface area (Å²) in [6.45, 7) is 13.6. The highest BCUT2D eigenvalue weighted by Crippen LogP contribution is 2.28. The Kier molecular flexibility index (Phi) is 8.93. The molecule has 116 valence electrons. The van der Waals surface area contributed by atoms with E-state index in [1.807, 2.05) is 0 Å². The van der Waals surface area contributed by atoms with Gasteiger partial charge in [-0.1, -0.05) is 54.4 Å². The first-order chi connectivity index (χ1) is 8.79. The van der Waals surface area contributed by atoms with Crippen LogP contribution in [0.4, 0.5) is 0 Å². The van der Waals surface area contributed by atoms with Gasteiger partial charge >= 0.3 is 0 Å². The maximum atomic E-state index is 6.69. The van der Waals surface area contributed by atoms with E-state index in [0.717, 1.165) is 12.3 Å². The molecule has 0 saturated heterocycles. The number of hydrogen-bond acceptors (Lipinski definition) is 2. The van der Waals surface area contributed by atoms with E-state index in [2.05, 4.69) is 53.5 Å². The lowest BCUT2D eigenvalue weighted by molar-refractivity contribution is 0.0220. The number of hydrogen-bond donors (Lipinski definition) is 1. The van der Waals surface area contributed by atoms with Gasteiger partial charge in [-0.05, 0) is 44.6 Å². The first-order valence-corrected chi connectivity index (χ1v) is 8.31. The van der Waals surface area contributed by atoms with E-state index in [0.29, 0.717) is 12.0 Å². The molecule has 0 aliphatic rings. The van der Waals surface area contributed by atoms with E-state index in [9.17, 15) is 0 Å². The molecule has 19 heavy (non-hydrogen) atoms. The van der Waals surface area contributed by atoms with Crippen molar-refractivity contribution in [1.82, 2.24) is 4.90 Å². The van der Waals surface area contributed by atoms with Crippen molar-refractivity contribution in [2.24, 2.45) is 17.6 Å². The molecule has 0 aromatic rings. The molecular formula is C17H38N2. The number of nitrogens with zero attached hydrogens (tertiary/aromatic N) is 1. The zero-order valence-electron chi connectivity index (χ0n) is 14.5. The van der Waals surface area contributed by atoms with Gasteiger partial charge < -0.3 is 5.73 Å². The van der Waals surface area contributed by atoms with Crippen LogP contribution in [-0.4, -0.2) is 23.7 Å². The van der Waals surface area contributed by atoms with Crippen LogP contribution in [0.3, 0.4) is 0 Å². The topological polar surface area (TPSA) is 29.3 Å². The largest absolute Gasteiger partial charge is 0.313 e. The fourth-order valence-corrected chi connectivity index (χ4v) is 2.90. The third kappa shape index (κ3) is 5.83. The summed E-state index contributed by atoms with van der Waals surface area (Å²) in [5.74, 6) is 1.27. The minimum absolute atomic E-state index is 0.157. The number of nitrogens with two attached hydrogens (primary N) is 1. The lowest BCUT2D eigenvalue weighted by atomic mass is 9.88. The SMILES string of the molecule is CCCCC(CCC(C)C)N(C)C(N)(CC)C(C)C. The Morgan fingerprint density at radius 1 is 1.00 bits per heavy atom. The van der Waals surface area contributed by atoms with Crippen molar-refractivity contribution in [3.63, 3.8) is 0 Å². The summed E-state index contributed by atoms with van der Waals surface area (Å²) in [5.41, 5.74) is 6.53. The molecule has 2 N–H and O–H groups in total. The predicted octanol–water partition coefficient (Wildman–Crippen LogP) is 4.63. The van der Waals surface area contributed by atoms with E-state index in [1.54, 1.807) is 0 Å². The third-order valence-electron chi connectivity index (χ3n) is 4.74. The second kappa shape index (κ2) is 8.97. The van der Waals surface area contributed by atoms with Crippen molar-refractivity contribution < 1.29 is 0 Å². The first-order valence-electron chi connectivity index (χ1n) is 8.31. The Morgan fingerprint density at radius 3 is 1.95 bits per heavy atom. The van der Waals surface area contributed by atoms with Crippen LogP contribution in [0.2, 0.25) is 0 Å². The zero-order valence-corrected chi connectivity index (χ0v) is 14.5. The zero-order chi connectivity index (χ0) is 15.1. The van der Waals surface area contributed by atoms with E-state index in [1.165, 1.54) is 32.1 Å². The van der Waals surface area contributed by atoms with Gasteiger partial charge in [0.25, 0.3) is 0 Å². The molecule has 0 amide bonds. The van der Waals surface area contributed by atoms with Gasteiger partial charge in [0.15, 0.2) is 0 Å². The Balaban J connectivity index is 4.79. The molecule has 0 aliphatic carbocycles. The molecule has 2 nitrogen and oxygen atoms in total. The summed E-state index contributed by atoms with van der Waals surface area (Å²) in [4.78, 5) is 2.48. The standard InChI is InChI=1S/C17H38N2/c1-8-10-11-16(13-12-14(3)4)19(7)17(18,9-2)15(5)6/h14-16H,8-13,18H2,1-7H3. The lowest BCUT2D eigenvalue weighted by Gasteiger charge is -2.46. The van der Waals surface area contributed by atoms with Crippen LogP contribution >= 0.6 is 0 Å². The maximum Gasteiger partial charge on any atom is 0.0708 e. The van der Waals surface area contributed by atoms with Crippen LogP contribution in [0.15, 0.2) is 0 Å². The highest BCUT2D eigenvalue weighted by Gasteiger charge is 2.35. The molecule has 0 radical (unpaired) electrons. The van der Waals surface area contributed by atoms with E-state index < -0.39 is 0 Å². The summed E-state index contributed by atoms with van der Waals surface area (Å²) in [7, 11) is 2.24. The Labute approximate surface area is 122 Å². The van der Waals surface area contributed by atoms with Gasteiger partial charge in [-0.3, -0.25) is 4.90 Å². The smallest absolute Gasteiger partial charge is 0.0708 e. The van der Waals surface area contributed by atoms with Gasteiger partial charge in [-0.25, -0.2) is 0 Å². The summed E-state index contributed by atoms with van der Waals surface area (Å²) in [6, 6.07) is 0.634. The molecule has 2 atom stereocenters. The summed E-state index contributed by atoms with van der Waals surface area (Å²) >= 11 is 0. The predicted molar refractivity (Wildman–Crippen MR) is 87.2 cm³/mol. The van der Waals surface area contributed by atoms with Crippen LogP contribution in [0, 0.1) is 11.8 Å². The molecular weight excluding hydrogens is 232 g/mol. The van der Waals surface area contributed by atoms with Gasteiger partial charge in [0.05, 0.1) is 5.66 Å². The van der Waals surface area contributed by atoms with Gasteiger partial charge in [-0.2, -0.15) is 0 Å². The quantitative estimate of drug-likeness (QED) is 0.586. The summed E-state index contributed by atoms with van der Waals surface area (Å²) < 4.78 is 0. The average Bonchev–Trinajstić information content (AvgIpc) is 2.36. The lowest BCUT2D eigenvalue weighted by Crippen LogP contribution is -2.60. The Morgan fingerprint density at radius 2 is 1.58 bits per heavy atom. The molecule has 0 aliphatic heterocycles. The number of unbranched alkanes of at least 4 members (excludes halogenated alkanes) is 1. The van der Waals surface area contributed by atoms with Crippen molar-refractivity contribution >= 4 is 0 Å². The van der Waals surface area contributed by atoms with E-state index in [-0.39, 0.29) is 5.66 Å². The van der Waals surface area contributed by atoms with Crippen LogP contribution in [0.1, 0.15) is 80.1 Å². The monoisotopic (exact) mass is 270 g/mol. The van der Waals surface area contributed by atoms with E-state index in [4.69, 9.17) is 5.73 Å². The highest BCUT2D eigenvalue weighted by atomic mass is 15.3. The minimum atomic E-state index is -0.157. The number of rotatable bonds is 10. The third-order valence-corrected chi connectivity index (χ3v) is 4.74. The highest BCUT2D eigenvalue weighted by molar-refractivity contribution is 4.88. The van der Waals surface area contributed by atoms with Crippen LogP contribution < -0.4 is 5.73 Å². The molecule has 0 heterocycles. The summed E-state index contributed by atoms with van der Waals surface area (Å²) in [5, 5.41) is 0. The molecule has 0 fully saturated rings. The fourth-order valence-electron chi connectivity index (χ4n) is 2.90. The van der Waals surface area contributed by atoms with Crippen molar-refractivity contribution in [2.75, 3.05) is 7.05 Å². The molecule has 2 heteroatoms. The Hall–Kier alpha value is -0.0800. The van der Waals surface area contributed by atoms with Crippen molar-refractivity contribution in [3.8, 4) is 0 Å².